The summed E-state index contributed by atoms with van der Waals surface area (Å²) in [4.78, 5) is 17.8. The van der Waals surface area contributed by atoms with Crippen LogP contribution in [0.5, 0.6) is 0 Å². The third-order valence-corrected chi connectivity index (χ3v) is 32.8. The van der Waals surface area contributed by atoms with Crippen LogP contribution in [0.4, 0.5) is 5.69 Å². The molecule has 0 saturated heterocycles. The molecule has 0 unspecified atom stereocenters. The molecule has 0 aliphatic heterocycles. The maximum atomic E-state index is 14.7. The first kappa shape index (κ1) is 92.0. The average molecular weight is 1900 g/mol. The lowest BCUT2D eigenvalue weighted by Gasteiger charge is -2.20. The SMILES string of the molecule is CCN(CC)c1ccc2cc(-c3ccc(-n4c5ccc(-n6c7ccc(-n8c9ccc(C(C)(C)C)cc9c9cc(C(C)(C)C)ccc98)cc7c7cc(-n8c9ccc(C(C)(C)C)cc9c9cc(C(C)(C)C)ccc98)ccc76)cc5c5cc(-n6c7ccc(-n8c9ccc(C(C)(C)C)cc9c9cc(C(C)(C)C)ccc98)cc7c7cc(-n8c9ccc(C(C)(C)C)cc9c9cc(C(C)(C)C)ccc98)ccc76)ccc54)s3)c(=O)oc2c1. The third-order valence-electron chi connectivity index (χ3n) is 31.7. The molecule has 0 saturated carbocycles. The molecule has 24 aromatic rings. The molecule has 0 amide bonds. The summed E-state index contributed by atoms with van der Waals surface area (Å²) in [6, 6.07) is 113. The van der Waals surface area contributed by atoms with Gasteiger partial charge in [0, 0.05) is 145 Å². The maximum Gasteiger partial charge on any atom is 0.345 e. The Morgan fingerprint density at radius 3 is 0.632 bits per heavy atom. The molecular formula is C133H130N8O2S. The van der Waals surface area contributed by atoms with Crippen molar-refractivity contribution in [1.82, 2.24) is 32.0 Å². The Balaban J connectivity index is 0.766. The second kappa shape index (κ2) is 31.8. The van der Waals surface area contributed by atoms with E-state index < -0.39 is 0 Å². The van der Waals surface area contributed by atoms with Gasteiger partial charge in [-0.3, -0.25) is 0 Å². The largest absolute Gasteiger partial charge is 0.422 e. The monoisotopic (exact) mass is 1900 g/mol. The van der Waals surface area contributed by atoms with Crippen LogP contribution in [0.25, 0.3) is 213 Å². The normalized spacial score (nSPS) is 13.3. The number of thiophene rings is 1. The summed E-state index contributed by atoms with van der Waals surface area (Å²) in [5.74, 6) is 0. The Bertz CT molecular complexity index is 8480. The van der Waals surface area contributed by atoms with Gasteiger partial charge in [0.15, 0.2) is 0 Å². The zero-order valence-corrected chi connectivity index (χ0v) is 89.2. The minimum absolute atomic E-state index is 0.0637. The van der Waals surface area contributed by atoms with E-state index in [-0.39, 0.29) is 48.9 Å². The van der Waals surface area contributed by atoms with Gasteiger partial charge < -0.3 is 41.3 Å². The molecule has 0 aliphatic carbocycles. The molecule has 0 fully saturated rings. The Labute approximate surface area is 848 Å². The highest BCUT2D eigenvalue weighted by atomic mass is 32.1. The molecule has 9 aromatic heterocycles. The fourth-order valence-electron chi connectivity index (χ4n) is 23.2. The molecule has 0 aliphatic rings. The first-order valence-electron chi connectivity index (χ1n) is 51.8. The fourth-order valence-corrected chi connectivity index (χ4v) is 24.3. The Kier molecular flexibility index (Phi) is 20.3. The van der Waals surface area contributed by atoms with Crippen molar-refractivity contribution in [2.75, 3.05) is 18.0 Å². The van der Waals surface area contributed by atoms with Crippen molar-refractivity contribution in [3.05, 3.63) is 346 Å². The molecule has 15 aromatic carbocycles. The molecule has 144 heavy (non-hydrogen) atoms. The van der Waals surface area contributed by atoms with Crippen molar-refractivity contribution in [3.8, 4) is 49.6 Å². The van der Waals surface area contributed by atoms with E-state index in [9.17, 15) is 4.79 Å². The molecular weight excluding hydrogens is 1770 g/mol. The van der Waals surface area contributed by atoms with Crippen LogP contribution in [0.2, 0.25) is 0 Å². The summed E-state index contributed by atoms with van der Waals surface area (Å²) in [5, 5.41) is 18.6. The van der Waals surface area contributed by atoms with Gasteiger partial charge in [-0.05, 0) is 338 Å². The van der Waals surface area contributed by atoms with E-state index in [2.05, 4.69) is 496 Å². The first-order valence-corrected chi connectivity index (χ1v) is 52.6. The van der Waals surface area contributed by atoms with Crippen LogP contribution >= 0.6 is 11.3 Å². The minimum Gasteiger partial charge on any atom is -0.422 e. The van der Waals surface area contributed by atoms with Crippen molar-refractivity contribution in [1.29, 1.82) is 0 Å². The summed E-state index contributed by atoms with van der Waals surface area (Å²) in [6.45, 7) is 61.8. The average Bonchev–Trinajstić information content (AvgIpc) is 1.55. The number of benzene rings is 15. The quantitative estimate of drug-likeness (QED) is 0.121. The molecule has 0 bridgehead atoms. The van der Waals surface area contributed by atoms with Crippen LogP contribution in [-0.2, 0) is 43.3 Å². The lowest BCUT2D eigenvalue weighted by Crippen LogP contribution is -2.21. The van der Waals surface area contributed by atoms with Gasteiger partial charge in [-0.2, -0.15) is 0 Å². The molecule has 720 valence electrons. The maximum absolute atomic E-state index is 14.7. The fraction of sp³-hybridized carbons (Fsp3) is 0.271. The number of hydrogen-bond donors (Lipinski definition) is 0. The van der Waals surface area contributed by atoms with Crippen LogP contribution < -0.4 is 10.5 Å². The van der Waals surface area contributed by atoms with Gasteiger partial charge in [0.25, 0.3) is 0 Å². The van der Waals surface area contributed by atoms with Crippen molar-refractivity contribution in [2.24, 2.45) is 0 Å². The smallest absolute Gasteiger partial charge is 0.345 e. The number of aromatic nitrogens is 7. The molecule has 9 heterocycles. The van der Waals surface area contributed by atoms with Crippen LogP contribution in [0, 0.1) is 0 Å². The van der Waals surface area contributed by atoms with Crippen LogP contribution in [0.1, 0.15) is 225 Å². The topological polar surface area (TPSA) is 68.0 Å². The lowest BCUT2D eigenvalue weighted by atomic mass is 9.85. The predicted molar refractivity (Wildman–Crippen MR) is 619 cm³/mol. The van der Waals surface area contributed by atoms with Crippen molar-refractivity contribution < 1.29 is 4.42 Å². The van der Waals surface area contributed by atoms with Gasteiger partial charge in [0.05, 0.1) is 82.8 Å². The summed E-state index contributed by atoms with van der Waals surface area (Å²) in [6.07, 6.45) is 0. The van der Waals surface area contributed by atoms with Crippen LogP contribution in [-0.4, -0.2) is 45.1 Å². The van der Waals surface area contributed by atoms with Gasteiger partial charge in [-0.1, -0.05) is 215 Å². The van der Waals surface area contributed by atoms with Crippen molar-refractivity contribution >= 4 is 181 Å². The summed E-state index contributed by atoms with van der Waals surface area (Å²) in [7, 11) is 0. The molecule has 0 atom stereocenters. The number of hydrogen-bond acceptors (Lipinski definition) is 4. The molecule has 11 heteroatoms. The Hall–Kier alpha value is -14.4. The Morgan fingerprint density at radius 2 is 0.424 bits per heavy atom. The van der Waals surface area contributed by atoms with E-state index in [4.69, 9.17) is 4.42 Å². The standard InChI is InChI=1S/C133H130N8O2S/c1-27-134(28-2)86-38-29-77-61-107(125(142)143-122(77)76-86)123-59-60-124(144-123)141-120-57-43-91(139-116-53-39-87(135-108-45-30-78(126(3,4)5)62-93(108)94-63-79(127(6,7)8)31-46-109(94)135)70-101(116)102-71-88(40-54-117(102)139)136-110-47-32-80(128(9,10)11)64-95(110)96-65-81(129(12,13)14)33-48-111(96)136)74-105(120)106-75-92(44-58-121(106)141)140-118-55-41-89(137-112-49-34-82(130(15,16)17)66-97(112)98-67-83(131(18,19)20)35-50-113(98)137)72-103(118)104-73-90(42-56-119(104)140)138-114-51-36-84(132(21,22)23)68-99(114)100-69-85(133(24,25)26)37-52-115(100)138/h29-76H,27-28H2,1-26H3. The van der Waals surface area contributed by atoms with Gasteiger partial charge in [0.1, 0.15) is 10.6 Å². The third kappa shape index (κ3) is 14.7. The first-order chi connectivity index (χ1) is 68.2. The van der Waals surface area contributed by atoms with E-state index in [0.29, 0.717) is 11.1 Å². The number of anilines is 1. The van der Waals surface area contributed by atoms with E-state index >= 15 is 0 Å². The van der Waals surface area contributed by atoms with Gasteiger partial charge in [-0.25, -0.2) is 4.79 Å². The van der Waals surface area contributed by atoms with Crippen LogP contribution in [0.15, 0.2) is 300 Å². The summed E-state index contributed by atoms with van der Waals surface area (Å²) in [5.41, 5.74) is 34.0. The zero-order chi connectivity index (χ0) is 101. The second-order valence-electron chi connectivity index (χ2n) is 49.4. The minimum atomic E-state index is -0.363. The number of rotatable bonds is 11. The van der Waals surface area contributed by atoms with E-state index in [1.807, 2.05) is 12.1 Å². The predicted octanol–water partition coefficient (Wildman–Crippen LogP) is 36.4. The molecule has 24 rings (SSSR count). The summed E-state index contributed by atoms with van der Waals surface area (Å²) < 4.78 is 23.9. The molecule has 0 spiro atoms. The molecule has 0 radical (unpaired) electrons. The van der Waals surface area contributed by atoms with E-state index in [0.717, 1.165) is 134 Å². The second-order valence-corrected chi connectivity index (χ2v) is 50.5. The number of nitrogens with zero attached hydrogens (tertiary/aromatic N) is 8. The Morgan fingerprint density at radius 1 is 0.222 bits per heavy atom. The zero-order valence-electron chi connectivity index (χ0n) is 88.4. The molecule has 0 N–H and O–H groups in total. The van der Waals surface area contributed by atoms with Gasteiger partial charge in [0.2, 0.25) is 0 Å². The highest BCUT2D eigenvalue weighted by Crippen LogP contribution is 2.50. The van der Waals surface area contributed by atoms with Crippen molar-refractivity contribution in [3.63, 3.8) is 0 Å². The summed E-state index contributed by atoms with van der Waals surface area (Å²) >= 11 is 1.62. The van der Waals surface area contributed by atoms with Gasteiger partial charge in [-0.15, -0.1) is 11.3 Å². The van der Waals surface area contributed by atoms with Crippen LogP contribution in [0.3, 0.4) is 0 Å². The van der Waals surface area contributed by atoms with Gasteiger partial charge >= 0.3 is 5.63 Å². The van der Waals surface area contributed by atoms with Crippen molar-refractivity contribution in [2.45, 2.75) is 223 Å². The number of fused-ring (bicyclic) bond motifs is 22. The highest BCUT2D eigenvalue weighted by molar-refractivity contribution is 7.18. The highest BCUT2D eigenvalue weighted by Gasteiger charge is 2.32. The lowest BCUT2D eigenvalue weighted by molar-refractivity contribution is 0.563. The molecule has 10 nitrogen and oxygen atoms in total. The van der Waals surface area contributed by atoms with E-state index in [1.165, 1.54) is 132 Å². The van der Waals surface area contributed by atoms with E-state index in [1.54, 1.807) is 11.3 Å².